The summed E-state index contributed by atoms with van der Waals surface area (Å²) in [7, 11) is 0. The number of unbranched alkanes of at least 4 members (excludes halogenated alkanes) is 12. The van der Waals surface area contributed by atoms with E-state index < -0.39 is 0 Å². The van der Waals surface area contributed by atoms with Gasteiger partial charge < -0.3 is 11.5 Å². The molecule has 0 bridgehead atoms. The number of hydrogen-bond acceptors (Lipinski definition) is 2. The summed E-state index contributed by atoms with van der Waals surface area (Å²) in [5, 5.41) is 0. The lowest BCUT2D eigenvalue weighted by atomic mass is 10.00. The van der Waals surface area contributed by atoms with E-state index in [9.17, 15) is 0 Å². The van der Waals surface area contributed by atoms with E-state index in [2.05, 4.69) is 20.8 Å². The van der Waals surface area contributed by atoms with E-state index in [-0.39, 0.29) is 0 Å². The van der Waals surface area contributed by atoms with Crippen molar-refractivity contribution in [3.63, 3.8) is 0 Å². The zero-order chi connectivity index (χ0) is 18.3. The maximum atomic E-state index is 5.52. The fourth-order valence-corrected chi connectivity index (χ4v) is 2.97. The molecule has 0 heterocycles. The molecule has 1 atom stereocenters. The largest absolute Gasteiger partial charge is 0.330 e. The molecule has 24 heavy (non-hydrogen) atoms. The Bertz CT molecular complexity index is 178. The molecule has 0 aliphatic carbocycles. The Kier molecular flexibility index (Phi) is 27.4. The van der Waals surface area contributed by atoms with Crippen LogP contribution in [0.2, 0.25) is 0 Å². The molecule has 2 nitrogen and oxygen atoms in total. The SMILES string of the molecule is CCCCC(CC)CN.CCCCCCCCCCCCCCN. The molecule has 0 saturated carbocycles. The highest BCUT2D eigenvalue weighted by Crippen LogP contribution is 2.11. The van der Waals surface area contributed by atoms with E-state index in [0.717, 1.165) is 19.0 Å². The number of nitrogens with two attached hydrogens (primary N) is 2. The van der Waals surface area contributed by atoms with Crippen LogP contribution in [-0.4, -0.2) is 13.1 Å². The van der Waals surface area contributed by atoms with Gasteiger partial charge in [-0.3, -0.25) is 0 Å². The smallest absolute Gasteiger partial charge is 0.00490 e. The molecule has 0 amide bonds. The first-order valence-electron chi connectivity index (χ1n) is 11.2. The van der Waals surface area contributed by atoms with Gasteiger partial charge in [-0.1, -0.05) is 111 Å². The lowest BCUT2D eigenvalue weighted by Crippen LogP contribution is -2.12. The minimum absolute atomic E-state index is 0.782. The Hall–Kier alpha value is -0.0800. The minimum Gasteiger partial charge on any atom is -0.330 e. The van der Waals surface area contributed by atoms with E-state index in [4.69, 9.17) is 11.5 Å². The van der Waals surface area contributed by atoms with Gasteiger partial charge in [-0.15, -0.1) is 0 Å². The van der Waals surface area contributed by atoms with Crippen LogP contribution in [0.3, 0.4) is 0 Å². The normalized spacial score (nSPS) is 11.9. The minimum atomic E-state index is 0.782. The monoisotopic (exact) mass is 342 g/mol. The van der Waals surface area contributed by atoms with Crippen molar-refractivity contribution in [2.75, 3.05) is 13.1 Å². The van der Waals surface area contributed by atoms with E-state index >= 15 is 0 Å². The zero-order valence-electron chi connectivity index (χ0n) is 17.5. The summed E-state index contributed by atoms with van der Waals surface area (Å²) in [6, 6.07) is 0. The van der Waals surface area contributed by atoms with Crippen molar-refractivity contribution in [2.45, 2.75) is 124 Å². The van der Waals surface area contributed by atoms with Crippen LogP contribution in [0.25, 0.3) is 0 Å². The van der Waals surface area contributed by atoms with E-state index in [0.29, 0.717) is 0 Å². The Morgan fingerprint density at radius 1 is 0.542 bits per heavy atom. The van der Waals surface area contributed by atoms with E-state index in [1.807, 2.05) is 0 Å². The molecular weight excluding hydrogens is 292 g/mol. The zero-order valence-corrected chi connectivity index (χ0v) is 17.5. The van der Waals surface area contributed by atoms with Crippen molar-refractivity contribution in [3.05, 3.63) is 0 Å². The molecule has 0 saturated heterocycles. The first-order chi connectivity index (χ1) is 11.8. The molecule has 0 aromatic carbocycles. The van der Waals surface area contributed by atoms with Gasteiger partial charge in [-0.25, -0.2) is 0 Å². The second kappa shape index (κ2) is 25.2. The average Bonchev–Trinajstić information content (AvgIpc) is 2.61. The van der Waals surface area contributed by atoms with Crippen LogP contribution in [0.15, 0.2) is 0 Å². The molecule has 148 valence electrons. The Morgan fingerprint density at radius 3 is 1.29 bits per heavy atom. The predicted octanol–water partition coefficient (Wildman–Crippen LogP) is 6.81. The molecule has 1 unspecified atom stereocenters. The standard InChI is InChI=1S/C14H31N.C8H19N/c1-2-3-4-5-6-7-8-9-10-11-12-13-14-15;1-3-5-6-8(4-2)7-9/h2-15H2,1H3;8H,3-7,9H2,1-2H3. The third-order valence-electron chi connectivity index (χ3n) is 4.93. The highest BCUT2D eigenvalue weighted by molar-refractivity contribution is 4.56. The van der Waals surface area contributed by atoms with Crippen LogP contribution in [0.4, 0.5) is 0 Å². The Balaban J connectivity index is 0. The molecule has 0 aliphatic heterocycles. The Morgan fingerprint density at radius 2 is 0.958 bits per heavy atom. The summed E-state index contributed by atoms with van der Waals surface area (Å²) >= 11 is 0. The van der Waals surface area contributed by atoms with Crippen molar-refractivity contribution < 1.29 is 0 Å². The fraction of sp³-hybridized carbons (Fsp3) is 1.00. The van der Waals surface area contributed by atoms with Gasteiger partial charge in [0.15, 0.2) is 0 Å². The first kappa shape index (κ1) is 26.2. The fourth-order valence-electron chi connectivity index (χ4n) is 2.97. The van der Waals surface area contributed by atoms with Crippen LogP contribution < -0.4 is 11.5 Å². The summed E-state index contributed by atoms with van der Waals surface area (Å²) in [6.45, 7) is 8.46. The van der Waals surface area contributed by atoms with Gasteiger partial charge in [0.05, 0.1) is 0 Å². The second-order valence-corrected chi connectivity index (χ2v) is 7.33. The average molecular weight is 343 g/mol. The topological polar surface area (TPSA) is 52.0 Å². The summed E-state index contributed by atoms with van der Waals surface area (Å²) in [5.74, 6) is 0.782. The highest BCUT2D eigenvalue weighted by atomic mass is 14.5. The van der Waals surface area contributed by atoms with Gasteiger partial charge in [-0.05, 0) is 31.8 Å². The molecule has 0 aliphatic rings. The lowest BCUT2D eigenvalue weighted by molar-refractivity contribution is 0.461. The first-order valence-corrected chi connectivity index (χ1v) is 11.2. The third kappa shape index (κ3) is 24.2. The second-order valence-electron chi connectivity index (χ2n) is 7.33. The van der Waals surface area contributed by atoms with Crippen LogP contribution in [-0.2, 0) is 0 Å². The van der Waals surface area contributed by atoms with Gasteiger partial charge in [-0.2, -0.15) is 0 Å². The van der Waals surface area contributed by atoms with Crippen molar-refractivity contribution >= 4 is 0 Å². The van der Waals surface area contributed by atoms with Crippen LogP contribution in [0.5, 0.6) is 0 Å². The molecule has 2 heteroatoms. The summed E-state index contributed by atoms with van der Waals surface area (Å²) in [6.07, 6.45) is 22.1. The summed E-state index contributed by atoms with van der Waals surface area (Å²) in [4.78, 5) is 0. The molecule has 0 spiro atoms. The third-order valence-corrected chi connectivity index (χ3v) is 4.93. The van der Waals surface area contributed by atoms with E-state index in [1.165, 1.54) is 103 Å². The molecule has 0 rings (SSSR count). The predicted molar refractivity (Wildman–Crippen MR) is 112 cm³/mol. The molecule has 4 N–H and O–H groups in total. The maximum Gasteiger partial charge on any atom is -0.00490 e. The quantitative estimate of drug-likeness (QED) is 0.285. The van der Waals surface area contributed by atoms with Crippen molar-refractivity contribution in [1.29, 1.82) is 0 Å². The highest BCUT2D eigenvalue weighted by Gasteiger charge is 2.00. The van der Waals surface area contributed by atoms with Gasteiger partial charge in [0.25, 0.3) is 0 Å². The van der Waals surface area contributed by atoms with Crippen LogP contribution >= 0.6 is 0 Å². The van der Waals surface area contributed by atoms with Crippen LogP contribution in [0.1, 0.15) is 124 Å². The van der Waals surface area contributed by atoms with Gasteiger partial charge in [0, 0.05) is 0 Å². The number of hydrogen-bond donors (Lipinski definition) is 2. The van der Waals surface area contributed by atoms with Crippen LogP contribution in [0, 0.1) is 5.92 Å². The number of rotatable bonds is 17. The molecule has 0 radical (unpaired) electrons. The molecule has 0 aromatic rings. The van der Waals surface area contributed by atoms with Gasteiger partial charge >= 0.3 is 0 Å². The van der Waals surface area contributed by atoms with Gasteiger partial charge in [0.1, 0.15) is 0 Å². The van der Waals surface area contributed by atoms with Crippen molar-refractivity contribution in [2.24, 2.45) is 17.4 Å². The maximum absolute atomic E-state index is 5.52. The van der Waals surface area contributed by atoms with Crippen molar-refractivity contribution in [3.8, 4) is 0 Å². The van der Waals surface area contributed by atoms with Crippen molar-refractivity contribution in [1.82, 2.24) is 0 Å². The summed E-state index contributed by atoms with van der Waals surface area (Å²) < 4.78 is 0. The lowest BCUT2D eigenvalue weighted by Gasteiger charge is -2.09. The molecule has 0 aromatic heterocycles. The van der Waals surface area contributed by atoms with Gasteiger partial charge in [0.2, 0.25) is 0 Å². The van der Waals surface area contributed by atoms with E-state index in [1.54, 1.807) is 0 Å². The molecular formula is C22H50N2. The Labute approximate surface area is 154 Å². The summed E-state index contributed by atoms with van der Waals surface area (Å²) in [5.41, 5.74) is 11.0. The molecule has 0 fully saturated rings.